The molecule has 8 heteroatoms. The zero-order chi connectivity index (χ0) is 23.0. The summed E-state index contributed by atoms with van der Waals surface area (Å²) in [5.74, 6) is 0.821. The van der Waals surface area contributed by atoms with Crippen LogP contribution in [0.25, 0.3) is 22.4 Å². The maximum Gasteiger partial charge on any atom is 0.416 e. The van der Waals surface area contributed by atoms with Crippen LogP contribution in [-0.4, -0.2) is 29.9 Å². The molecule has 0 unspecified atom stereocenters. The molecule has 32 heavy (non-hydrogen) atoms. The van der Waals surface area contributed by atoms with Crippen LogP contribution in [0.15, 0.2) is 30.3 Å². The Labute approximate surface area is 188 Å². The van der Waals surface area contributed by atoms with Crippen LogP contribution in [0.3, 0.4) is 0 Å². The molecule has 3 aromatic rings. The summed E-state index contributed by atoms with van der Waals surface area (Å²) in [4.78, 5) is 20.6. The first kappa shape index (κ1) is 22.5. The molecule has 4 nitrogen and oxygen atoms in total. The number of alkyl halides is 3. The Hall–Kier alpha value is -2.71. The number of anilines is 1. The number of nitrogens with zero attached hydrogens (tertiary/aromatic N) is 2. The first-order valence-corrected chi connectivity index (χ1v) is 11.3. The van der Waals surface area contributed by atoms with Gasteiger partial charge >= 0.3 is 6.18 Å². The molecule has 0 amide bonds. The molecule has 0 atom stereocenters. The maximum atomic E-state index is 12.8. The Morgan fingerprint density at radius 3 is 2.44 bits per heavy atom. The number of fused-ring (bicyclic) bond motifs is 1. The summed E-state index contributed by atoms with van der Waals surface area (Å²) < 4.78 is 38.5. The zero-order valence-electron chi connectivity index (χ0n) is 17.9. The molecule has 2 aromatic heterocycles. The number of aryl methyl sites for hydroxylation is 1. The minimum Gasteiger partial charge on any atom is -0.356 e. The van der Waals surface area contributed by atoms with Crippen molar-refractivity contribution in [1.29, 1.82) is 0 Å². The maximum absolute atomic E-state index is 12.8. The molecule has 1 aromatic carbocycles. The van der Waals surface area contributed by atoms with Crippen LogP contribution in [0.2, 0.25) is 0 Å². The van der Waals surface area contributed by atoms with Gasteiger partial charge in [0.25, 0.3) is 0 Å². The fourth-order valence-corrected chi connectivity index (χ4v) is 5.10. The molecule has 2 N–H and O–H groups in total. The number of thiophene rings is 1. The first-order valence-electron chi connectivity index (χ1n) is 10.4. The van der Waals surface area contributed by atoms with Gasteiger partial charge in [0, 0.05) is 24.5 Å². The van der Waals surface area contributed by atoms with Crippen molar-refractivity contribution in [2.24, 2.45) is 5.73 Å². The monoisotopic (exact) mass is 459 g/mol. The fraction of sp³-hybridized carbons (Fsp3) is 0.333. The lowest BCUT2D eigenvalue weighted by Gasteiger charge is -2.31. The van der Waals surface area contributed by atoms with Crippen LogP contribution in [-0.2, 0) is 6.18 Å². The lowest BCUT2D eigenvalue weighted by molar-refractivity contribution is -0.137. The third-order valence-corrected chi connectivity index (χ3v) is 7.08. The van der Waals surface area contributed by atoms with E-state index in [1.54, 1.807) is 13.0 Å². The van der Waals surface area contributed by atoms with E-state index in [4.69, 9.17) is 10.7 Å². The molecule has 1 aliphatic rings. The molecule has 0 saturated carbocycles. The quantitative estimate of drug-likeness (QED) is 0.492. The number of aromatic nitrogens is 1. The van der Waals surface area contributed by atoms with Crippen molar-refractivity contribution in [3.8, 4) is 0 Å². The van der Waals surface area contributed by atoms with E-state index in [2.05, 4.69) is 4.90 Å². The molecule has 3 heterocycles. The van der Waals surface area contributed by atoms with E-state index in [0.29, 0.717) is 10.4 Å². The molecular formula is C24H24F3N3OS. The third kappa shape index (κ3) is 4.56. The molecule has 1 aliphatic heterocycles. The Bertz CT molecular complexity index is 1170. The molecule has 1 saturated heterocycles. The molecule has 168 valence electrons. The minimum atomic E-state index is -4.36. The van der Waals surface area contributed by atoms with Crippen LogP contribution in [0.5, 0.6) is 0 Å². The van der Waals surface area contributed by atoms with Crippen molar-refractivity contribution < 1.29 is 18.0 Å². The average molecular weight is 460 g/mol. The SMILES string of the molecule is CC(=O)c1sc2nc(N3CCC(N)CC3)cc(/C=C/c3ccc(C(F)(F)F)cc3)c2c1C. The van der Waals surface area contributed by atoms with E-state index >= 15 is 0 Å². The second-order valence-corrected chi connectivity index (χ2v) is 9.14. The van der Waals surface area contributed by atoms with Gasteiger partial charge in [-0.3, -0.25) is 4.79 Å². The molecule has 0 aliphatic carbocycles. The Morgan fingerprint density at radius 1 is 1.19 bits per heavy atom. The van der Waals surface area contributed by atoms with Gasteiger partial charge in [-0.1, -0.05) is 24.3 Å². The van der Waals surface area contributed by atoms with E-state index in [1.807, 2.05) is 19.1 Å². The number of pyridine rings is 1. The van der Waals surface area contributed by atoms with E-state index in [1.165, 1.54) is 23.5 Å². The summed E-state index contributed by atoms with van der Waals surface area (Å²) in [6.45, 7) is 5.08. The number of Topliss-reactive ketones (excluding diaryl/α,β-unsaturated/α-hetero) is 1. The largest absolute Gasteiger partial charge is 0.416 e. The number of carbonyl (C=O) groups is 1. The number of ketones is 1. The summed E-state index contributed by atoms with van der Waals surface area (Å²) >= 11 is 1.38. The van der Waals surface area contributed by atoms with Gasteiger partial charge in [0.2, 0.25) is 0 Å². The number of carbonyl (C=O) groups excluding carboxylic acids is 1. The second-order valence-electron chi connectivity index (χ2n) is 8.14. The predicted octanol–water partition coefficient (Wildman–Crippen LogP) is 5.92. The number of benzene rings is 1. The highest BCUT2D eigenvalue weighted by molar-refractivity contribution is 7.20. The Kier molecular flexibility index (Phi) is 6.09. The molecular weight excluding hydrogens is 435 g/mol. The summed E-state index contributed by atoms with van der Waals surface area (Å²) in [5, 5.41) is 0.904. The van der Waals surface area contributed by atoms with Crippen molar-refractivity contribution in [3.63, 3.8) is 0 Å². The Balaban J connectivity index is 1.75. The lowest BCUT2D eigenvalue weighted by Crippen LogP contribution is -2.40. The van der Waals surface area contributed by atoms with Crippen LogP contribution in [0.4, 0.5) is 19.0 Å². The van der Waals surface area contributed by atoms with Gasteiger partial charge in [-0.2, -0.15) is 13.2 Å². The predicted molar refractivity (Wildman–Crippen MR) is 124 cm³/mol. The standard InChI is InChI=1S/C24H24F3N3OS/c1-14-21-17(6-3-16-4-7-18(8-5-16)24(25,26)27)13-20(30-11-9-19(28)10-12-30)29-23(21)32-22(14)15(2)31/h3-8,13,19H,9-12,28H2,1-2H3/b6-3+. The van der Waals surface area contributed by atoms with Crippen LogP contribution in [0, 0.1) is 6.92 Å². The smallest absolute Gasteiger partial charge is 0.356 e. The summed E-state index contributed by atoms with van der Waals surface area (Å²) in [6.07, 6.45) is 1.09. The highest BCUT2D eigenvalue weighted by Crippen LogP contribution is 2.36. The topological polar surface area (TPSA) is 59.2 Å². The van der Waals surface area contributed by atoms with Gasteiger partial charge < -0.3 is 10.6 Å². The number of nitrogens with two attached hydrogens (primary N) is 1. The van der Waals surface area contributed by atoms with Gasteiger partial charge in [-0.15, -0.1) is 11.3 Å². The van der Waals surface area contributed by atoms with Gasteiger partial charge in [0.1, 0.15) is 10.6 Å². The normalized spacial score (nSPS) is 15.8. The van der Waals surface area contributed by atoms with E-state index in [0.717, 1.165) is 65.2 Å². The number of piperidine rings is 1. The van der Waals surface area contributed by atoms with Crippen LogP contribution in [0.1, 0.15) is 51.7 Å². The number of rotatable bonds is 4. The van der Waals surface area contributed by atoms with Gasteiger partial charge in [-0.05, 0) is 61.6 Å². The highest BCUT2D eigenvalue weighted by atomic mass is 32.1. The fourth-order valence-electron chi connectivity index (χ4n) is 3.99. The molecule has 1 fully saturated rings. The lowest BCUT2D eigenvalue weighted by atomic mass is 10.0. The van der Waals surface area contributed by atoms with Crippen molar-refractivity contribution in [1.82, 2.24) is 4.98 Å². The third-order valence-electron chi connectivity index (χ3n) is 5.79. The average Bonchev–Trinajstić information content (AvgIpc) is 3.09. The van der Waals surface area contributed by atoms with Gasteiger partial charge in [-0.25, -0.2) is 4.98 Å². The zero-order valence-corrected chi connectivity index (χ0v) is 18.7. The van der Waals surface area contributed by atoms with Gasteiger partial charge in [0.15, 0.2) is 5.78 Å². The van der Waals surface area contributed by atoms with Crippen molar-refractivity contribution in [3.05, 3.63) is 57.5 Å². The molecule has 0 radical (unpaired) electrons. The first-order chi connectivity index (χ1) is 15.1. The second kappa shape index (κ2) is 8.67. The molecule has 4 rings (SSSR count). The summed E-state index contributed by atoms with van der Waals surface area (Å²) in [5.41, 5.74) is 7.79. The molecule has 0 bridgehead atoms. The van der Waals surface area contributed by atoms with Crippen molar-refractivity contribution in [2.45, 2.75) is 38.9 Å². The van der Waals surface area contributed by atoms with E-state index < -0.39 is 11.7 Å². The highest BCUT2D eigenvalue weighted by Gasteiger charge is 2.29. The Morgan fingerprint density at radius 2 is 1.84 bits per heavy atom. The van der Waals surface area contributed by atoms with Crippen LogP contribution < -0.4 is 10.6 Å². The number of halogens is 3. The van der Waals surface area contributed by atoms with E-state index in [9.17, 15) is 18.0 Å². The molecule has 0 spiro atoms. The summed E-state index contributed by atoms with van der Waals surface area (Å²) in [7, 11) is 0. The van der Waals surface area contributed by atoms with Crippen molar-refractivity contribution >= 4 is 45.3 Å². The number of hydrogen-bond donors (Lipinski definition) is 1. The van der Waals surface area contributed by atoms with Crippen LogP contribution >= 0.6 is 11.3 Å². The minimum absolute atomic E-state index is 0.00587. The summed E-state index contributed by atoms with van der Waals surface area (Å²) in [6, 6.07) is 7.24. The van der Waals surface area contributed by atoms with Gasteiger partial charge in [0.05, 0.1) is 10.4 Å². The number of hydrogen-bond acceptors (Lipinski definition) is 5. The van der Waals surface area contributed by atoms with Crippen molar-refractivity contribution in [2.75, 3.05) is 18.0 Å². The van der Waals surface area contributed by atoms with E-state index in [-0.39, 0.29) is 11.8 Å².